The third-order valence-corrected chi connectivity index (χ3v) is 4.08. The molecule has 0 aromatic heterocycles. The molecular formula is C13H27NS. The van der Waals surface area contributed by atoms with E-state index in [4.69, 9.17) is 0 Å². The molecule has 1 nitrogen and oxygen atoms in total. The fourth-order valence-corrected chi connectivity index (χ4v) is 3.29. The summed E-state index contributed by atoms with van der Waals surface area (Å²) < 4.78 is 0. The van der Waals surface area contributed by atoms with Gasteiger partial charge in [0.05, 0.1) is 0 Å². The monoisotopic (exact) mass is 229 g/mol. The van der Waals surface area contributed by atoms with E-state index in [9.17, 15) is 0 Å². The van der Waals surface area contributed by atoms with Crippen LogP contribution in [0, 0.1) is 23.7 Å². The molecule has 3 unspecified atom stereocenters. The average Bonchev–Trinajstić information content (AvgIpc) is 2.12. The normalized spacial score (nSPS) is 30.8. The highest BCUT2D eigenvalue weighted by Gasteiger charge is 2.24. The minimum Gasteiger partial charge on any atom is -0.302 e. The van der Waals surface area contributed by atoms with Crippen LogP contribution in [0.25, 0.3) is 0 Å². The second kappa shape index (κ2) is 6.15. The van der Waals surface area contributed by atoms with Gasteiger partial charge in [0.2, 0.25) is 0 Å². The van der Waals surface area contributed by atoms with Crippen molar-refractivity contribution in [1.29, 1.82) is 0 Å². The quantitative estimate of drug-likeness (QED) is 0.725. The van der Waals surface area contributed by atoms with Crippen molar-refractivity contribution in [3.8, 4) is 0 Å². The third-order valence-electron chi connectivity index (χ3n) is 3.61. The van der Waals surface area contributed by atoms with Gasteiger partial charge >= 0.3 is 0 Å². The number of piperidine rings is 1. The van der Waals surface area contributed by atoms with Crippen molar-refractivity contribution in [3.05, 3.63) is 0 Å². The van der Waals surface area contributed by atoms with Crippen LogP contribution in [0.5, 0.6) is 0 Å². The molecular weight excluding hydrogens is 202 g/mol. The van der Waals surface area contributed by atoms with Gasteiger partial charge in [-0.2, -0.15) is 12.6 Å². The molecule has 1 heterocycles. The standard InChI is InChI=1S/C13H27NS/c1-10(2)13(9-15)8-14-6-11(3)5-12(4)7-14/h10-13,15H,5-9H2,1-4H3. The summed E-state index contributed by atoms with van der Waals surface area (Å²) in [6.45, 7) is 13.2. The van der Waals surface area contributed by atoms with Gasteiger partial charge < -0.3 is 4.90 Å². The molecule has 0 N–H and O–H groups in total. The molecule has 0 radical (unpaired) electrons. The molecule has 0 spiro atoms. The van der Waals surface area contributed by atoms with Gasteiger partial charge in [0, 0.05) is 19.6 Å². The Morgan fingerprint density at radius 3 is 2.13 bits per heavy atom. The Kier molecular flexibility index (Phi) is 5.48. The Bertz CT molecular complexity index is 171. The van der Waals surface area contributed by atoms with Gasteiger partial charge in [0.15, 0.2) is 0 Å². The molecule has 1 aliphatic heterocycles. The van der Waals surface area contributed by atoms with E-state index < -0.39 is 0 Å². The van der Waals surface area contributed by atoms with Crippen LogP contribution >= 0.6 is 12.6 Å². The van der Waals surface area contributed by atoms with Gasteiger partial charge in [0.1, 0.15) is 0 Å². The van der Waals surface area contributed by atoms with E-state index in [-0.39, 0.29) is 0 Å². The van der Waals surface area contributed by atoms with E-state index in [2.05, 4.69) is 45.2 Å². The third kappa shape index (κ3) is 4.36. The number of hydrogen-bond acceptors (Lipinski definition) is 2. The van der Waals surface area contributed by atoms with Crippen LogP contribution in [0.4, 0.5) is 0 Å². The van der Waals surface area contributed by atoms with E-state index in [0.717, 1.165) is 29.4 Å². The molecule has 0 amide bonds. The topological polar surface area (TPSA) is 3.24 Å². The summed E-state index contributed by atoms with van der Waals surface area (Å²) >= 11 is 4.47. The predicted octanol–water partition coefficient (Wildman–Crippen LogP) is 3.17. The van der Waals surface area contributed by atoms with E-state index in [1.165, 1.54) is 26.1 Å². The van der Waals surface area contributed by atoms with Gasteiger partial charge in [-0.25, -0.2) is 0 Å². The highest BCUT2D eigenvalue weighted by Crippen LogP contribution is 2.23. The Hall–Kier alpha value is 0.310. The lowest BCUT2D eigenvalue weighted by Crippen LogP contribution is -2.42. The number of nitrogens with zero attached hydrogens (tertiary/aromatic N) is 1. The predicted molar refractivity (Wildman–Crippen MR) is 71.6 cm³/mol. The summed E-state index contributed by atoms with van der Waals surface area (Å²) in [7, 11) is 0. The van der Waals surface area contributed by atoms with Gasteiger partial charge in [-0.15, -0.1) is 0 Å². The maximum atomic E-state index is 4.47. The van der Waals surface area contributed by atoms with Crippen LogP contribution in [-0.4, -0.2) is 30.3 Å². The van der Waals surface area contributed by atoms with E-state index >= 15 is 0 Å². The fraction of sp³-hybridized carbons (Fsp3) is 1.00. The number of hydrogen-bond donors (Lipinski definition) is 1. The number of thiol groups is 1. The summed E-state index contributed by atoms with van der Waals surface area (Å²) in [5.41, 5.74) is 0. The maximum Gasteiger partial charge on any atom is 0.00201 e. The van der Waals surface area contributed by atoms with Crippen LogP contribution in [0.15, 0.2) is 0 Å². The zero-order valence-corrected chi connectivity index (χ0v) is 11.6. The van der Waals surface area contributed by atoms with Gasteiger partial charge in [0.25, 0.3) is 0 Å². The van der Waals surface area contributed by atoms with Crippen molar-refractivity contribution in [2.24, 2.45) is 23.7 Å². The molecule has 1 fully saturated rings. The van der Waals surface area contributed by atoms with E-state index in [1.807, 2.05) is 0 Å². The molecule has 1 saturated heterocycles. The lowest BCUT2D eigenvalue weighted by atomic mass is 9.90. The molecule has 0 aromatic carbocycles. The van der Waals surface area contributed by atoms with Crippen LogP contribution in [0.1, 0.15) is 34.1 Å². The second-order valence-corrected chi connectivity index (χ2v) is 6.22. The molecule has 1 rings (SSSR count). The van der Waals surface area contributed by atoms with Crippen LogP contribution in [0.2, 0.25) is 0 Å². The van der Waals surface area contributed by atoms with Crippen molar-refractivity contribution in [2.75, 3.05) is 25.4 Å². The van der Waals surface area contributed by atoms with Gasteiger partial charge in [-0.05, 0) is 35.8 Å². The Balaban J connectivity index is 2.42. The largest absolute Gasteiger partial charge is 0.302 e. The van der Waals surface area contributed by atoms with E-state index in [1.54, 1.807) is 0 Å². The van der Waals surface area contributed by atoms with Gasteiger partial charge in [-0.1, -0.05) is 27.7 Å². The summed E-state index contributed by atoms with van der Waals surface area (Å²) in [4.78, 5) is 2.65. The van der Waals surface area contributed by atoms with Gasteiger partial charge in [-0.3, -0.25) is 0 Å². The molecule has 1 aliphatic rings. The number of rotatable bonds is 4. The first-order valence-corrected chi connectivity index (χ1v) is 6.99. The first kappa shape index (κ1) is 13.4. The smallest absolute Gasteiger partial charge is 0.00201 e. The van der Waals surface area contributed by atoms with Crippen molar-refractivity contribution in [3.63, 3.8) is 0 Å². The zero-order valence-electron chi connectivity index (χ0n) is 10.7. The minimum atomic E-state index is 0.755. The lowest BCUT2D eigenvalue weighted by Gasteiger charge is -2.37. The average molecular weight is 229 g/mol. The summed E-state index contributed by atoms with van der Waals surface area (Å²) in [5.74, 6) is 4.29. The lowest BCUT2D eigenvalue weighted by molar-refractivity contribution is 0.116. The Labute approximate surface area is 101 Å². The molecule has 2 heteroatoms. The van der Waals surface area contributed by atoms with Crippen LogP contribution in [-0.2, 0) is 0 Å². The summed E-state index contributed by atoms with van der Waals surface area (Å²) in [6, 6.07) is 0. The van der Waals surface area contributed by atoms with E-state index in [0.29, 0.717) is 0 Å². The fourth-order valence-electron chi connectivity index (χ4n) is 2.75. The number of likely N-dealkylation sites (tertiary alicyclic amines) is 1. The van der Waals surface area contributed by atoms with Crippen molar-refractivity contribution >= 4 is 12.6 Å². The van der Waals surface area contributed by atoms with Crippen molar-refractivity contribution in [2.45, 2.75) is 34.1 Å². The molecule has 15 heavy (non-hydrogen) atoms. The highest BCUT2D eigenvalue weighted by atomic mass is 32.1. The Morgan fingerprint density at radius 1 is 1.20 bits per heavy atom. The molecule has 90 valence electrons. The zero-order chi connectivity index (χ0) is 11.4. The second-order valence-electron chi connectivity index (χ2n) is 5.85. The first-order chi connectivity index (χ1) is 7.02. The van der Waals surface area contributed by atoms with Crippen LogP contribution in [0.3, 0.4) is 0 Å². The molecule has 0 saturated carbocycles. The minimum absolute atomic E-state index is 0.755. The molecule has 0 aromatic rings. The molecule has 3 atom stereocenters. The summed E-state index contributed by atoms with van der Waals surface area (Å²) in [6.07, 6.45) is 1.41. The van der Waals surface area contributed by atoms with Crippen LogP contribution < -0.4 is 0 Å². The molecule has 0 bridgehead atoms. The maximum absolute atomic E-state index is 4.47. The van der Waals surface area contributed by atoms with Crippen molar-refractivity contribution in [1.82, 2.24) is 4.90 Å². The molecule has 0 aliphatic carbocycles. The first-order valence-electron chi connectivity index (χ1n) is 6.36. The SMILES string of the molecule is CC1CC(C)CN(CC(CS)C(C)C)C1. The van der Waals surface area contributed by atoms with Crippen molar-refractivity contribution < 1.29 is 0 Å². The summed E-state index contributed by atoms with van der Waals surface area (Å²) in [5, 5.41) is 0. The Morgan fingerprint density at radius 2 is 1.73 bits per heavy atom. The highest BCUT2D eigenvalue weighted by molar-refractivity contribution is 7.80.